The maximum absolute atomic E-state index is 11.7. The predicted octanol–water partition coefficient (Wildman–Crippen LogP) is 0.0153. The van der Waals surface area contributed by atoms with Crippen LogP contribution in [0.4, 0.5) is 0 Å². The van der Waals surface area contributed by atoms with Crippen LogP contribution in [0.25, 0.3) is 0 Å². The molecule has 0 aromatic heterocycles. The van der Waals surface area contributed by atoms with Gasteiger partial charge in [-0.15, -0.1) is 0 Å². The number of hydrogen-bond donors (Lipinski definition) is 3. The molecule has 1 fully saturated rings. The van der Waals surface area contributed by atoms with E-state index in [9.17, 15) is 9.59 Å². The van der Waals surface area contributed by atoms with Crippen LogP contribution in [0.1, 0.15) is 33.6 Å². The Kier molecular flexibility index (Phi) is 5.41. The van der Waals surface area contributed by atoms with E-state index in [1.807, 2.05) is 6.92 Å². The van der Waals surface area contributed by atoms with Crippen LogP contribution in [-0.2, 0) is 9.59 Å². The third-order valence-electron chi connectivity index (χ3n) is 2.83. The molecule has 2 unspecified atom stereocenters. The first-order valence-corrected chi connectivity index (χ1v) is 6.29. The minimum Gasteiger partial charge on any atom is -0.355 e. The van der Waals surface area contributed by atoms with Gasteiger partial charge in [0.2, 0.25) is 11.8 Å². The molecule has 0 aromatic rings. The molecular formula is C12H23N3O2. The number of carbonyl (C=O) groups is 2. The van der Waals surface area contributed by atoms with Gasteiger partial charge in [-0.2, -0.15) is 0 Å². The fourth-order valence-corrected chi connectivity index (χ4v) is 1.76. The van der Waals surface area contributed by atoms with Gasteiger partial charge in [0.05, 0.1) is 6.04 Å². The number of piperidine rings is 1. The largest absolute Gasteiger partial charge is 0.355 e. The lowest BCUT2D eigenvalue weighted by Crippen LogP contribution is -2.53. The Bertz CT molecular complexity index is 269. The topological polar surface area (TPSA) is 70.2 Å². The first kappa shape index (κ1) is 14.0. The lowest BCUT2D eigenvalue weighted by molar-refractivity contribution is -0.123. The summed E-state index contributed by atoms with van der Waals surface area (Å²) in [5.41, 5.74) is 0. The number of hydrogen-bond acceptors (Lipinski definition) is 3. The number of nitrogens with one attached hydrogen (secondary N) is 3. The monoisotopic (exact) mass is 241 g/mol. The maximum atomic E-state index is 11.7. The second kappa shape index (κ2) is 6.59. The lowest BCUT2D eigenvalue weighted by Gasteiger charge is -2.26. The van der Waals surface area contributed by atoms with Crippen LogP contribution in [0.3, 0.4) is 0 Å². The highest BCUT2D eigenvalue weighted by Crippen LogP contribution is 2.03. The second-order valence-corrected chi connectivity index (χ2v) is 5.07. The van der Waals surface area contributed by atoms with Crippen LogP contribution in [0.15, 0.2) is 0 Å². The summed E-state index contributed by atoms with van der Waals surface area (Å²) in [4.78, 5) is 22.7. The fourth-order valence-electron chi connectivity index (χ4n) is 1.76. The summed E-state index contributed by atoms with van der Waals surface area (Å²) < 4.78 is 0. The van der Waals surface area contributed by atoms with E-state index in [-0.39, 0.29) is 23.9 Å². The summed E-state index contributed by atoms with van der Waals surface area (Å²) in [7, 11) is 0. The first-order valence-electron chi connectivity index (χ1n) is 6.29. The Morgan fingerprint density at radius 2 is 2.18 bits per heavy atom. The number of carbonyl (C=O) groups excluding carboxylic acids is 2. The molecule has 98 valence electrons. The van der Waals surface area contributed by atoms with Crippen LogP contribution in [-0.4, -0.2) is 37.0 Å². The van der Waals surface area contributed by atoms with Gasteiger partial charge in [-0.3, -0.25) is 9.59 Å². The third kappa shape index (κ3) is 5.17. The fraction of sp³-hybridized carbons (Fsp3) is 0.833. The van der Waals surface area contributed by atoms with E-state index in [1.165, 1.54) is 0 Å². The molecule has 0 spiro atoms. The molecule has 1 aliphatic heterocycles. The molecule has 5 heteroatoms. The number of amides is 2. The summed E-state index contributed by atoms with van der Waals surface area (Å²) in [6.45, 7) is 7.29. The minimum atomic E-state index is -0.214. The standard InChI is InChI=1S/C12H23N3O2/c1-8(2)6-14-12(17)9(3)15-10-4-5-11(16)13-7-10/h8-10,15H,4-7H2,1-3H3,(H,13,16)(H,14,17). The van der Waals surface area contributed by atoms with Crippen molar-refractivity contribution in [2.24, 2.45) is 5.92 Å². The molecule has 1 aliphatic rings. The quantitative estimate of drug-likeness (QED) is 0.635. The predicted molar refractivity (Wildman–Crippen MR) is 66.5 cm³/mol. The smallest absolute Gasteiger partial charge is 0.236 e. The van der Waals surface area contributed by atoms with Crippen molar-refractivity contribution in [2.45, 2.75) is 45.7 Å². The normalized spacial score (nSPS) is 22.1. The van der Waals surface area contributed by atoms with E-state index in [0.717, 1.165) is 6.42 Å². The van der Waals surface area contributed by atoms with Crippen molar-refractivity contribution in [1.82, 2.24) is 16.0 Å². The molecule has 2 atom stereocenters. The molecule has 0 radical (unpaired) electrons. The third-order valence-corrected chi connectivity index (χ3v) is 2.83. The second-order valence-electron chi connectivity index (χ2n) is 5.07. The van der Waals surface area contributed by atoms with Crippen molar-refractivity contribution in [3.8, 4) is 0 Å². The Morgan fingerprint density at radius 3 is 2.71 bits per heavy atom. The first-order chi connectivity index (χ1) is 7.99. The average Bonchev–Trinajstić information content (AvgIpc) is 2.28. The molecule has 3 N–H and O–H groups in total. The van der Waals surface area contributed by atoms with Crippen molar-refractivity contribution in [2.75, 3.05) is 13.1 Å². The summed E-state index contributed by atoms with van der Waals surface area (Å²) >= 11 is 0. The van der Waals surface area contributed by atoms with Crippen LogP contribution in [0, 0.1) is 5.92 Å². The Hall–Kier alpha value is -1.10. The van der Waals surface area contributed by atoms with Crippen LogP contribution in [0.2, 0.25) is 0 Å². The van der Waals surface area contributed by atoms with Crippen molar-refractivity contribution < 1.29 is 9.59 Å². The summed E-state index contributed by atoms with van der Waals surface area (Å²) in [5, 5.41) is 8.92. The SMILES string of the molecule is CC(C)CNC(=O)C(C)NC1CCC(=O)NC1. The number of rotatable bonds is 5. The van der Waals surface area contributed by atoms with E-state index < -0.39 is 0 Å². The van der Waals surface area contributed by atoms with Gasteiger partial charge in [0, 0.05) is 25.6 Å². The molecular weight excluding hydrogens is 218 g/mol. The summed E-state index contributed by atoms with van der Waals surface area (Å²) in [6.07, 6.45) is 1.34. The van der Waals surface area contributed by atoms with Crippen LogP contribution < -0.4 is 16.0 Å². The molecule has 0 aliphatic carbocycles. The van der Waals surface area contributed by atoms with E-state index in [1.54, 1.807) is 0 Å². The zero-order valence-corrected chi connectivity index (χ0v) is 10.9. The van der Waals surface area contributed by atoms with Crippen molar-refractivity contribution >= 4 is 11.8 Å². The Morgan fingerprint density at radius 1 is 1.47 bits per heavy atom. The highest BCUT2D eigenvalue weighted by Gasteiger charge is 2.21. The van der Waals surface area contributed by atoms with Crippen LogP contribution >= 0.6 is 0 Å². The maximum Gasteiger partial charge on any atom is 0.236 e. The van der Waals surface area contributed by atoms with E-state index in [2.05, 4.69) is 29.8 Å². The van der Waals surface area contributed by atoms with Gasteiger partial charge in [-0.25, -0.2) is 0 Å². The molecule has 1 heterocycles. The molecule has 1 rings (SSSR count). The van der Waals surface area contributed by atoms with Gasteiger partial charge >= 0.3 is 0 Å². The summed E-state index contributed by atoms with van der Waals surface area (Å²) in [5.74, 6) is 0.579. The molecule has 0 bridgehead atoms. The van der Waals surface area contributed by atoms with Crippen molar-refractivity contribution in [3.05, 3.63) is 0 Å². The van der Waals surface area contributed by atoms with Gasteiger partial charge in [0.15, 0.2) is 0 Å². The zero-order chi connectivity index (χ0) is 12.8. The Labute approximate surface area is 103 Å². The van der Waals surface area contributed by atoms with Gasteiger partial charge in [-0.05, 0) is 19.3 Å². The van der Waals surface area contributed by atoms with Gasteiger partial charge in [-0.1, -0.05) is 13.8 Å². The van der Waals surface area contributed by atoms with Crippen molar-refractivity contribution in [1.29, 1.82) is 0 Å². The zero-order valence-electron chi connectivity index (χ0n) is 10.9. The minimum absolute atomic E-state index is 0.0237. The highest BCUT2D eigenvalue weighted by atomic mass is 16.2. The lowest BCUT2D eigenvalue weighted by atomic mass is 10.1. The van der Waals surface area contributed by atoms with Crippen molar-refractivity contribution in [3.63, 3.8) is 0 Å². The summed E-state index contributed by atoms with van der Waals surface area (Å²) in [6, 6.07) is -0.0127. The van der Waals surface area contributed by atoms with Gasteiger partial charge in [0.25, 0.3) is 0 Å². The molecule has 5 nitrogen and oxygen atoms in total. The van der Waals surface area contributed by atoms with E-state index in [4.69, 9.17) is 0 Å². The molecule has 0 aromatic carbocycles. The van der Waals surface area contributed by atoms with Gasteiger partial charge < -0.3 is 16.0 Å². The Balaban J connectivity index is 2.25. The average molecular weight is 241 g/mol. The highest BCUT2D eigenvalue weighted by molar-refractivity contribution is 5.81. The molecule has 0 saturated carbocycles. The van der Waals surface area contributed by atoms with Gasteiger partial charge in [0.1, 0.15) is 0 Å². The van der Waals surface area contributed by atoms with E-state index in [0.29, 0.717) is 25.4 Å². The van der Waals surface area contributed by atoms with Crippen LogP contribution in [0.5, 0.6) is 0 Å². The molecule has 1 saturated heterocycles. The molecule has 2 amide bonds. The van der Waals surface area contributed by atoms with E-state index >= 15 is 0 Å². The molecule has 17 heavy (non-hydrogen) atoms.